The number of hydrogen-bond donors (Lipinski definition) is 1. The van der Waals surface area contributed by atoms with Gasteiger partial charge in [-0.25, -0.2) is 0 Å². The molecule has 0 rings (SSSR count). The summed E-state index contributed by atoms with van der Waals surface area (Å²) in [4.78, 5) is 0. The van der Waals surface area contributed by atoms with Crippen LogP contribution in [0.5, 0.6) is 0 Å². The van der Waals surface area contributed by atoms with Crippen LogP contribution in [0.3, 0.4) is 0 Å². The molecule has 2 heteroatoms. The van der Waals surface area contributed by atoms with Crippen LogP contribution in [-0.4, -0.2) is 13.9 Å². The first-order valence-electron chi connectivity index (χ1n) is 3.42. The van der Waals surface area contributed by atoms with Gasteiger partial charge in [0.2, 0.25) is 0 Å². The fraction of sp³-hybridized carbons (Fsp3) is 0.500. The Morgan fingerprint density at radius 1 is 1.60 bits per heavy atom. The second kappa shape index (κ2) is 3.54. The molecule has 1 N–H and O–H groups in total. The summed E-state index contributed by atoms with van der Waals surface area (Å²) in [5, 5.41) is 8.16. The van der Waals surface area contributed by atoms with Gasteiger partial charge in [0.15, 0.2) is 0 Å². The molecule has 0 unspecified atom stereocenters. The lowest BCUT2D eigenvalue weighted by molar-refractivity contribution is 1.34. The van der Waals surface area contributed by atoms with Crippen molar-refractivity contribution >= 4 is 13.9 Å². The van der Waals surface area contributed by atoms with Gasteiger partial charge in [-0.05, 0) is 17.5 Å². The van der Waals surface area contributed by atoms with Crippen LogP contribution in [-0.2, 0) is 0 Å². The number of hydrogen-bond acceptors (Lipinski definition) is 1. The molecule has 0 heterocycles. The van der Waals surface area contributed by atoms with Gasteiger partial charge in [0.25, 0.3) is 0 Å². The summed E-state index contributed by atoms with van der Waals surface area (Å²) in [6.45, 7) is 10.3. The van der Waals surface area contributed by atoms with Crippen LogP contribution in [0.2, 0.25) is 19.6 Å². The topological polar surface area (TPSA) is 23.9 Å². The summed E-state index contributed by atoms with van der Waals surface area (Å²) in [6.07, 6.45) is 2.67. The van der Waals surface area contributed by atoms with Crippen molar-refractivity contribution in [2.45, 2.75) is 26.1 Å². The summed E-state index contributed by atoms with van der Waals surface area (Å²) >= 11 is 0. The maximum absolute atomic E-state index is 7.02. The molecule has 0 aliphatic rings. The average molecular weight is 153 g/mol. The van der Waals surface area contributed by atoms with E-state index in [-0.39, 0.29) is 0 Å². The molecule has 0 bridgehead atoms. The quantitative estimate of drug-likeness (QED) is 0.366. The molecule has 0 aromatic heterocycles. The molecule has 0 fully saturated rings. The molecular formula is C8H15NSi. The zero-order chi connectivity index (χ0) is 8.20. The van der Waals surface area contributed by atoms with Crippen molar-refractivity contribution in [2.24, 2.45) is 0 Å². The van der Waals surface area contributed by atoms with Gasteiger partial charge >= 0.3 is 0 Å². The first-order chi connectivity index (χ1) is 4.52. The van der Waals surface area contributed by atoms with Crippen molar-refractivity contribution in [3.05, 3.63) is 17.9 Å². The Morgan fingerprint density at radius 2 is 2.10 bits per heavy atom. The molecule has 0 aromatic rings. The third-order valence-corrected chi connectivity index (χ3v) is 3.54. The third-order valence-electron chi connectivity index (χ3n) is 1.40. The van der Waals surface area contributed by atoms with Gasteiger partial charge in [-0.15, -0.1) is 6.58 Å². The molecule has 0 amide bonds. The monoisotopic (exact) mass is 153 g/mol. The highest BCUT2D eigenvalue weighted by atomic mass is 28.3. The Bertz CT molecular complexity index is 170. The Balaban J connectivity index is 4.39. The third kappa shape index (κ3) is 2.81. The van der Waals surface area contributed by atoms with E-state index in [2.05, 4.69) is 32.1 Å². The second-order valence-electron chi connectivity index (χ2n) is 3.35. The lowest BCUT2D eigenvalue weighted by Gasteiger charge is -2.15. The first-order valence-corrected chi connectivity index (χ1v) is 6.92. The van der Waals surface area contributed by atoms with E-state index in [9.17, 15) is 0 Å². The van der Waals surface area contributed by atoms with E-state index < -0.39 is 8.07 Å². The average Bonchev–Trinajstić information content (AvgIpc) is 1.80. The van der Waals surface area contributed by atoms with Crippen LogP contribution in [0, 0.1) is 5.41 Å². The molecular weight excluding hydrogens is 138 g/mol. The molecule has 0 radical (unpaired) electrons. The van der Waals surface area contributed by atoms with Gasteiger partial charge in [0.05, 0.1) is 8.07 Å². The Kier molecular flexibility index (Phi) is 3.33. The van der Waals surface area contributed by atoms with Crippen LogP contribution >= 0.6 is 0 Å². The molecule has 0 aliphatic heterocycles. The van der Waals surface area contributed by atoms with E-state index in [0.717, 1.165) is 11.6 Å². The summed E-state index contributed by atoms with van der Waals surface area (Å²) in [5.74, 6) is 2.50. The number of allylic oxidation sites excluding steroid dienone is 2. The minimum absolute atomic E-state index is 0.833. The summed E-state index contributed by atoms with van der Waals surface area (Å²) in [7, 11) is -1.26. The van der Waals surface area contributed by atoms with Crippen LogP contribution in [0.25, 0.3) is 0 Å². The van der Waals surface area contributed by atoms with Crippen molar-refractivity contribution in [1.29, 1.82) is 5.41 Å². The molecule has 56 valence electrons. The van der Waals surface area contributed by atoms with Crippen molar-refractivity contribution in [2.75, 3.05) is 0 Å². The largest absolute Gasteiger partial charge is 0.259 e. The van der Waals surface area contributed by atoms with E-state index in [4.69, 9.17) is 5.41 Å². The highest BCUT2D eigenvalue weighted by molar-refractivity contribution is 6.84. The molecule has 0 aliphatic carbocycles. The minimum atomic E-state index is -1.26. The van der Waals surface area contributed by atoms with Crippen LogP contribution < -0.4 is 0 Å². The van der Waals surface area contributed by atoms with Crippen molar-refractivity contribution in [3.63, 3.8) is 0 Å². The standard InChI is InChI=1S/C8H15NSi/c1-5-6-8(7-9)10(2,3)4/h5,9H,1,6H2,2-4H3. The fourth-order valence-electron chi connectivity index (χ4n) is 0.689. The summed E-state index contributed by atoms with van der Waals surface area (Å²) < 4.78 is 0. The van der Waals surface area contributed by atoms with Crippen molar-refractivity contribution in [1.82, 2.24) is 0 Å². The van der Waals surface area contributed by atoms with Crippen molar-refractivity contribution in [3.8, 4) is 0 Å². The van der Waals surface area contributed by atoms with E-state index in [1.807, 2.05) is 6.08 Å². The summed E-state index contributed by atoms with van der Waals surface area (Å²) in [6, 6.07) is 0. The molecule has 0 atom stereocenters. The van der Waals surface area contributed by atoms with Crippen molar-refractivity contribution < 1.29 is 0 Å². The lowest BCUT2D eigenvalue weighted by atomic mass is 10.4. The van der Waals surface area contributed by atoms with E-state index in [1.165, 1.54) is 0 Å². The van der Waals surface area contributed by atoms with Gasteiger partial charge in [-0.3, -0.25) is 5.41 Å². The Morgan fingerprint density at radius 3 is 2.20 bits per heavy atom. The zero-order valence-electron chi connectivity index (χ0n) is 6.99. The van der Waals surface area contributed by atoms with Gasteiger partial charge in [0.1, 0.15) is 0 Å². The van der Waals surface area contributed by atoms with Crippen LogP contribution in [0.1, 0.15) is 6.42 Å². The van der Waals surface area contributed by atoms with Gasteiger partial charge < -0.3 is 0 Å². The number of nitrogens with one attached hydrogen (secondary N) is 1. The van der Waals surface area contributed by atoms with Gasteiger partial charge in [0, 0.05) is 0 Å². The summed E-state index contributed by atoms with van der Waals surface area (Å²) in [5.41, 5.74) is 0. The Labute approximate surface area is 64.0 Å². The highest BCUT2D eigenvalue weighted by Crippen LogP contribution is 2.14. The van der Waals surface area contributed by atoms with E-state index >= 15 is 0 Å². The molecule has 10 heavy (non-hydrogen) atoms. The predicted octanol–water partition coefficient (Wildman–Crippen LogP) is 2.61. The predicted molar refractivity (Wildman–Crippen MR) is 49.4 cm³/mol. The smallest absolute Gasteiger partial charge is 0.0847 e. The first kappa shape index (κ1) is 9.41. The minimum Gasteiger partial charge on any atom is -0.259 e. The number of rotatable bonds is 3. The Hall–Kier alpha value is -0.593. The molecule has 0 aromatic carbocycles. The van der Waals surface area contributed by atoms with Gasteiger partial charge in [-0.1, -0.05) is 25.7 Å². The van der Waals surface area contributed by atoms with Crippen LogP contribution in [0.4, 0.5) is 0 Å². The molecule has 1 nitrogen and oxygen atoms in total. The zero-order valence-corrected chi connectivity index (χ0v) is 7.99. The van der Waals surface area contributed by atoms with E-state index in [0.29, 0.717) is 0 Å². The SMILES string of the molecule is C=CCC(=C=N)[Si](C)(C)C. The second-order valence-corrected chi connectivity index (χ2v) is 8.45. The molecule has 0 saturated carbocycles. The fourth-order valence-corrected chi connectivity index (χ4v) is 1.82. The van der Waals surface area contributed by atoms with Gasteiger partial charge in [-0.2, -0.15) is 0 Å². The van der Waals surface area contributed by atoms with Crippen LogP contribution in [0.15, 0.2) is 17.9 Å². The molecule has 0 spiro atoms. The lowest BCUT2D eigenvalue weighted by Crippen LogP contribution is -2.23. The maximum atomic E-state index is 7.02. The van der Waals surface area contributed by atoms with E-state index in [1.54, 1.807) is 0 Å². The normalized spacial score (nSPS) is 10.3. The maximum Gasteiger partial charge on any atom is 0.0847 e. The molecule has 0 saturated heterocycles. The highest BCUT2D eigenvalue weighted by Gasteiger charge is 2.17.